The van der Waals surface area contributed by atoms with Crippen molar-refractivity contribution in [3.8, 4) is 0 Å². The number of H-pyrrole nitrogens is 1. The molecule has 2 atom stereocenters. The minimum Gasteiger partial charge on any atom is -0.356 e. The van der Waals surface area contributed by atoms with E-state index >= 15 is 0 Å². The van der Waals surface area contributed by atoms with Crippen molar-refractivity contribution < 1.29 is 9.59 Å². The van der Waals surface area contributed by atoms with Gasteiger partial charge in [0.05, 0.1) is 12.6 Å². The number of unbranched alkanes of at least 4 members (excludes halogenated alkanes) is 1. The molecule has 5 nitrogen and oxygen atoms in total. The van der Waals surface area contributed by atoms with Crippen LogP contribution in [0.25, 0.3) is 10.9 Å². The number of benzene rings is 2. The average molecular weight is 430 g/mol. The molecule has 2 aliphatic heterocycles. The molecule has 1 saturated heterocycles. The van der Waals surface area contributed by atoms with Crippen LogP contribution in [0.2, 0.25) is 0 Å². The lowest BCUT2D eigenvalue weighted by atomic mass is 9.85. The van der Waals surface area contributed by atoms with Crippen molar-refractivity contribution in [2.45, 2.75) is 58.0 Å². The maximum atomic E-state index is 13.5. The van der Waals surface area contributed by atoms with E-state index < -0.39 is 6.04 Å². The summed E-state index contributed by atoms with van der Waals surface area (Å²) in [6.45, 7) is 7.29. The second-order valence-corrected chi connectivity index (χ2v) is 9.42. The van der Waals surface area contributed by atoms with Crippen LogP contribution in [-0.4, -0.2) is 45.7 Å². The van der Waals surface area contributed by atoms with E-state index in [0.29, 0.717) is 18.9 Å². The molecule has 1 N–H and O–H groups in total. The quantitative estimate of drug-likeness (QED) is 0.635. The SMILES string of the molecule is CCCCN1CC(=O)N2C(Cc3c([nH]c4ccccc34)C2c2ccc(C(C)C)cc2)C1=O. The van der Waals surface area contributed by atoms with E-state index in [9.17, 15) is 9.59 Å². The van der Waals surface area contributed by atoms with Crippen LogP contribution in [0, 0.1) is 0 Å². The number of amides is 2. The first-order valence-electron chi connectivity index (χ1n) is 11.8. The molecule has 0 radical (unpaired) electrons. The molecule has 32 heavy (non-hydrogen) atoms. The van der Waals surface area contributed by atoms with Gasteiger partial charge in [-0.05, 0) is 35.1 Å². The van der Waals surface area contributed by atoms with Crippen molar-refractivity contribution in [1.82, 2.24) is 14.8 Å². The van der Waals surface area contributed by atoms with Crippen molar-refractivity contribution in [3.05, 3.63) is 70.9 Å². The van der Waals surface area contributed by atoms with Crippen molar-refractivity contribution in [3.63, 3.8) is 0 Å². The Morgan fingerprint density at radius 3 is 2.53 bits per heavy atom. The molecule has 5 rings (SSSR count). The second kappa shape index (κ2) is 8.12. The summed E-state index contributed by atoms with van der Waals surface area (Å²) in [6, 6.07) is 16.1. The van der Waals surface area contributed by atoms with Crippen LogP contribution in [0.1, 0.15) is 68.0 Å². The number of para-hydroxylation sites is 1. The number of nitrogens with zero attached hydrogens (tertiary/aromatic N) is 2. The summed E-state index contributed by atoms with van der Waals surface area (Å²) in [7, 11) is 0. The number of fused-ring (bicyclic) bond motifs is 4. The van der Waals surface area contributed by atoms with Gasteiger partial charge >= 0.3 is 0 Å². The highest BCUT2D eigenvalue weighted by Gasteiger charge is 2.47. The zero-order chi connectivity index (χ0) is 22.4. The van der Waals surface area contributed by atoms with Crippen LogP contribution in [0.4, 0.5) is 0 Å². The molecule has 0 spiro atoms. The smallest absolute Gasteiger partial charge is 0.246 e. The van der Waals surface area contributed by atoms with Gasteiger partial charge in [0.1, 0.15) is 6.04 Å². The van der Waals surface area contributed by atoms with Crippen molar-refractivity contribution >= 4 is 22.7 Å². The standard InChI is InChI=1S/C27H31N3O2/c1-4-5-14-29-16-24(31)30-23(27(29)32)15-21-20-8-6-7-9-22(20)28-25(21)26(30)19-12-10-18(11-13-19)17(2)3/h6-13,17,23,26,28H,4-5,14-16H2,1-3H3. The molecule has 2 amide bonds. The molecule has 3 heterocycles. The van der Waals surface area contributed by atoms with E-state index in [-0.39, 0.29) is 24.4 Å². The topological polar surface area (TPSA) is 56.4 Å². The van der Waals surface area contributed by atoms with E-state index in [4.69, 9.17) is 0 Å². The lowest BCUT2D eigenvalue weighted by molar-refractivity contribution is -0.158. The normalized spacial score (nSPS) is 20.8. The Kier molecular flexibility index (Phi) is 5.28. The summed E-state index contributed by atoms with van der Waals surface area (Å²) in [5.41, 5.74) is 5.59. The predicted molar refractivity (Wildman–Crippen MR) is 126 cm³/mol. The molecule has 0 saturated carbocycles. The zero-order valence-electron chi connectivity index (χ0n) is 19.1. The lowest BCUT2D eigenvalue weighted by Crippen LogP contribution is -2.63. The number of piperazine rings is 1. The Balaban J connectivity index is 1.64. The highest BCUT2D eigenvalue weighted by atomic mass is 16.2. The van der Waals surface area contributed by atoms with Gasteiger partial charge in [-0.15, -0.1) is 0 Å². The van der Waals surface area contributed by atoms with E-state index in [1.165, 1.54) is 11.1 Å². The fourth-order valence-corrected chi connectivity index (χ4v) is 5.27. The highest BCUT2D eigenvalue weighted by Crippen LogP contribution is 2.42. The Hall–Kier alpha value is -3.08. The Morgan fingerprint density at radius 1 is 1.06 bits per heavy atom. The van der Waals surface area contributed by atoms with Crippen molar-refractivity contribution in [2.24, 2.45) is 0 Å². The van der Waals surface area contributed by atoms with E-state index in [1.807, 2.05) is 17.0 Å². The molecule has 0 bridgehead atoms. The molecule has 5 heteroatoms. The third kappa shape index (κ3) is 3.31. The Bertz CT molecular complexity index is 1160. The van der Waals surface area contributed by atoms with Gasteiger partial charge in [-0.25, -0.2) is 0 Å². The summed E-state index contributed by atoms with van der Waals surface area (Å²) in [5, 5.41) is 1.15. The van der Waals surface area contributed by atoms with Crippen LogP contribution >= 0.6 is 0 Å². The summed E-state index contributed by atoms with van der Waals surface area (Å²) in [5.74, 6) is 0.558. The Labute approximate surface area is 189 Å². The van der Waals surface area contributed by atoms with Crippen LogP contribution in [0.15, 0.2) is 48.5 Å². The van der Waals surface area contributed by atoms with Gasteiger partial charge in [-0.2, -0.15) is 0 Å². The summed E-state index contributed by atoms with van der Waals surface area (Å²) < 4.78 is 0. The number of carbonyl (C=O) groups excluding carboxylic acids is 2. The molecule has 1 fully saturated rings. The van der Waals surface area contributed by atoms with Crippen LogP contribution in [-0.2, 0) is 16.0 Å². The number of aromatic amines is 1. The van der Waals surface area contributed by atoms with Gasteiger partial charge in [-0.1, -0.05) is 69.7 Å². The van der Waals surface area contributed by atoms with E-state index in [1.54, 1.807) is 4.90 Å². The second-order valence-electron chi connectivity index (χ2n) is 9.42. The fraction of sp³-hybridized carbons (Fsp3) is 0.407. The van der Waals surface area contributed by atoms with Crippen molar-refractivity contribution in [2.75, 3.05) is 13.1 Å². The maximum absolute atomic E-state index is 13.5. The first kappa shape index (κ1) is 20.8. The average Bonchev–Trinajstić information content (AvgIpc) is 3.17. The highest BCUT2D eigenvalue weighted by molar-refractivity contribution is 5.97. The van der Waals surface area contributed by atoms with E-state index in [2.05, 4.69) is 62.2 Å². The van der Waals surface area contributed by atoms with E-state index in [0.717, 1.165) is 35.0 Å². The maximum Gasteiger partial charge on any atom is 0.246 e. The largest absolute Gasteiger partial charge is 0.356 e. The number of rotatable bonds is 5. The van der Waals surface area contributed by atoms with Crippen molar-refractivity contribution in [1.29, 1.82) is 0 Å². The summed E-state index contributed by atoms with van der Waals surface area (Å²) in [6.07, 6.45) is 2.49. The lowest BCUT2D eigenvalue weighted by Gasteiger charge is -2.47. The fourth-order valence-electron chi connectivity index (χ4n) is 5.27. The molecule has 2 unspecified atom stereocenters. The van der Waals surface area contributed by atoms with Crippen LogP contribution < -0.4 is 0 Å². The molecule has 2 aliphatic rings. The molecule has 0 aliphatic carbocycles. The minimum absolute atomic E-state index is 0.0351. The summed E-state index contributed by atoms with van der Waals surface area (Å²) >= 11 is 0. The number of carbonyl (C=O) groups is 2. The number of hydrogen-bond donors (Lipinski definition) is 1. The van der Waals surface area contributed by atoms with Gasteiger partial charge in [0.25, 0.3) is 0 Å². The summed E-state index contributed by atoms with van der Waals surface area (Å²) in [4.78, 5) is 34.2. The van der Waals surface area contributed by atoms with Gasteiger partial charge < -0.3 is 14.8 Å². The first-order valence-corrected chi connectivity index (χ1v) is 11.8. The first-order chi connectivity index (χ1) is 15.5. The molecular weight excluding hydrogens is 398 g/mol. The zero-order valence-corrected chi connectivity index (χ0v) is 19.1. The third-order valence-corrected chi connectivity index (χ3v) is 7.04. The molecule has 3 aromatic rings. The monoisotopic (exact) mass is 429 g/mol. The minimum atomic E-state index is -0.449. The third-order valence-electron chi connectivity index (χ3n) is 7.04. The predicted octanol–water partition coefficient (Wildman–Crippen LogP) is 4.78. The molecule has 166 valence electrons. The molecule has 1 aromatic heterocycles. The van der Waals surface area contributed by atoms with Crippen LogP contribution in [0.3, 0.4) is 0 Å². The van der Waals surface area contributed by atoms with Crippen LogP contribution in [0.5, 0.6) is 0 Å². The Morgan fingerprint density at radius 2 is 1.81 bits per heavy atom. The number of hydrogen-bond acceptors (Lipinski definition) is 2. The van der Waals surface area contributed by atoms with Gasteiger partial charge in [0.2, 0.25) is 11.8 Å². The van der Waals surface area contributed by atoms with Gasteiger partial charge in [0.15, 0.2) is 0 Å². The van der Waals surface area contributed by atoms with Gasteiger partial charge in [-0.3, -0.25) is 9.59 Å². The van der Waals surface area contributed by atoms with Gasteiger partial charge in [0, 0.05) is 29.6 Å². The number of aromatic nitrogens is 1. The number of nitrogens with one attached hydrogen (secondary N) is 1. The molecule has 2 aromatic carbocycles. The molecular formula is C27H31N3O2.